The van der Waals surface area contributed by atoms with Gasteiger partial charge in [-0.3, -0.25) is 0 Å². The van der Waals surface area contributed by atoms with E-state index in [1.54, 1.807) is 0 Å². The van der Waals surface area contributed by atoms with Crippen LogP contribution in [0.2, 0.25) is 0 Å². The lowest BCUT2D eigenvalue weighted by atomic mass is 9.79. The van der Waals surface area contributed by atoms with E-state index in [2.05, 4.69) is 19.1 Å². The summed E-state index contributed by atoms with van der Waals surface area (Å²) in [5.41, 5.74) is 0. The minimum Gasteiger partial charge on any atom is -0.352 e. The first kappa shape index (κ1) is 20.3. The van der Waals surface area contributed by atoms with E-state index in [0.717, 1.165) is 45.2 Å². The van der Waals surface area contributed by atoms with Gasteiger partial charge in [-0.15, -0.1) is 0 Å². The number of ether oxygens (including phenoxy) is 4. The largest absolute Gasteiger partial charge is 0.352 e. The second-order valence-corrected chi connectivity index (χ2v) is 8.43. The quantitative estimate of drug-likeness (QED) is 0.599. The fourth-order valence-corrected chi connectivity index (χ4v) is 4.63. The SMILES string of the molecule is CC=CC1COC(CCC2COC(C3CCC(CCC)CC3)OC2)OC1. The zero-order chi connectivity index (χ0) is 18.2. The summed E-state index contributed by atoms with van der Waals surface area (Å²) in [7, 11) is 0. The Kier molecular flexibility index (Phi) is 8.44. The van der Waals surface area contributed by atoms with Crippen molar-refractivity contribution in [2.24, 2.45) is 23.7 Å². The average molecular weight is 367 g/mol. The third-order valence-electron chi connectivity index (χ3n) is 6.23. The van der Waals surface area contributed by atoms with Gasteiger partial charge in [0.05, 0.1) is 26.4 Å². The molecule has 0 aromatic rings. The Morgan fingerprint density at radius 3 is 2.08 bits per heavy atom. The first-order chi connectivity index (χ1) is 12.8. The minimum absolute atomic E-state index is 0.0394. The Morgan fingerprint density at radius 2 is 1.46 bits per heavy atom. The zero-order valence-electron chi connectivity index (χ0n) is 16.7. The van der Waals surface area contributed by atoms with E-state index >= 15 is 0 Å². The minimum atomic E-state index is -0.0527. The normalized spacial score (nSPS) is 39.3. The van der Waals surface area contributed by atoms with Gasteiger partial charge in [0.1, 0.15) is 0 Å². The van der Waals surface area contributed by atoms with Crippen molar-refractivity contribution in [3.63, 3.8) is 0 Å². The second kappa shape index (κ2) is 10.8. The lowest BCUT2D eigenvalue weighted by Crippen LogP contribution is -2.39. The van der Waals surface area contributed by atoms with E-state index in [0.29, 0.717) is 17.8 Å². The summed E-state index contributed by atoms with van der Waals surface area (Å²) in [4.78, 5) is 0. The summed E-state index contributed by atoms with van der Waals surface area (Å²) >= 11 is 0. The van der Waals surface area contributed by atoms with Crippen LogP contribution in [0.15, 0.2) is 12.2 Å². The van der Waals surface area contributed by atoms with Crippen LogP contribution in [0.1, 0.15) is 65.2 Å². The second-order valence-electron chi connectivity index (χ2n) is 8.43. The molecule has 2 aliphatic heterocycles. The molecule has 1 saturated carbocycles. The highest BCUT2D eigenvalue weighted by Gasteiger charge is 2.32. The van der Waals surface area contributed by atoms with Crippen LogP contribution in [0, 0.1) is 23.7 Å². The summed E-state index contributed by atoms with van der Waals surface area (Å²) in [6.07, 6.45) is 14.2. The van der Waals surface area contributed by atoms with Crippen molar-refractivity contribution >= 4 is 0 Å². The van der Waals surface area contributed by atoms with Gasteiger partial charge >= 0.3 is 0 Å². The predicted octanol–water partition coefficient (Wildman–Crippen LogP) is 4.93. The number of hydrogen-bond acceptors (Lipinski definition) is 4. The van der Waals surface area contributed by atoms with Gasteiger partial charge in [-0.25, -0.2) is 0 Å². The van der Waals surface area contributed by atoms with Gasteiger partial charge in [0.15, 0.2) is 12.6 Å². The predicted molar refractivity (Wildman–Crippen MR) is 103 cm³/mol. The first-order valence-electron chi connectivity index (χ1n) is 10.9. The van der Waals surface area contributed by atoms with Crippen LogP contribution in [0.3, 0.4) is 0 Å². The van der Waals surface area contributed by atoms with Crippen molar-refractivity contribution in [3.8, 4) is 0 Å². The Balaban J connectivity index is 1.29. The molecule has 0 amide bonds. The van der Waals surface area contributed by atoms with Crippen molar-refractivity contribution in [1.29, 1.82) is 0 Å². The van der Waals surface area contributed by atoms with Crippen LogP contribution in [0.5, 0.6) is 0 Å². The Bertz CT molecular complexity index is 400. The molecule has 0 spiro atoms. The summed E-state index contributed by atoms with van der Waals surface area (Å²) in [6, 6.07) is 0. The van der Waals surface area contributed by atoms with Gasteiger partial charge in [-0.05, 0) is 51.4 Å². The molecule has 0 aromatic heterocycles. The standard InChI is InChI=1S/C22H38O4/c1-3-5-17-7-10-20(11-8-17)22-25-15-19(16-26-22)9-12-21-23-13-18(6-4-2)14-24-21/h4,6,17-22H,3,5,7-16H2,1-2H3. The van der Waals surface area contributed by atoms with E-state index in [-0.39, 0.29) is 12.6 Å². The van der Waals surface area contributed by atoms with Crippen molar-refractivity contribution < 1.29 is 18.9 Å². The lowest BCUT2D eigenvalue weighted by molar-refractivity contribution is -0.235. The molecule has 26 heavy (non-hydrogen) atoms. The maximum atomic E-state index is 6.10. The van der Waals surface area contributed by atoms with Crippen LogP contribution in [-0.2, 0) is 18.9 Å². The van der Waals surface area contributed by atoms with Crippen molar-refractivity contribution in [3.05, 3.63) is 12.2 Å². The molecule has 0 atom stereocenters. The van der Waals surface area contributed by atoms with Gasteiger partial charge in [0.25, 0.3) is 0 Å². The van der Waals surface area contributed by atoms with Gasteiger partial charge in [0.2, 0.25) is 0 Å². The molecule has 0 N–H and O–H groups in total. The fourth-order valence-electron chi connectivity index (χ4n) is 4.63. The highest BCUT2D eigenvalue weighted by molar-refractivity contribution is 4.86. The number of hydrogen-bond donors (Lipinski definition) is 0. The highest BCUT2D eigenvalue weighted by atomic mass is 16.7. The Morgan fingerprint density at radius 1 is 0.769 bits per heavy atom. The third kappa shape index (κ3) is 6.05. The van der Waals surface area contributed by atoms with Crippen LogP contribution >= 0.6 is 0 Å². The molecule has 2 heterocycles. The van der Waals surface area contributed by atoms with Crippen molar-refractivity contribution in [2.45, 2.75) is 77.8 Å². The zero-order valence-corrected chi connectivity index (χ0v) is 16.7. The summed E-state index contributed by atoms with van der Waals surface area (Å²) in [6.45, 7) is 7.54. The molecule has 4 heteroatoms. The molecular weight excluding hydrogens is 328 g/mol. The molecule has 0 aromatic carbocycles. The monoisotopic (exact) mass is 366 g/mol. The van der Waals surface area contributed by atoms with E-state index in [1.165, 1.54) is 38.5 Å². The van der Waals surface area contributed by atoms with Crippen molar-refractivity contribution in [2.75, 3.05) is 26.4 Å². The fraction of sp³-hybridized carbons (Fsp3) is 0.909. The van der Waals surface area contributed by atoms with Crippen LogP contribution < -0.4 is 0 Å². The van der Waals surface area contributed by atoms with Gasteiger partial charge in [0, 0.05) is 17.8 Å². The van der Waals surface area contributed by atoms with Crippen LogP contribution in [0.25, 0.3) is 0 Å². The summed E-state index contributed by atoms with van der Waals surface area (Å²) in [5.74, 6) is 2.43. The molecule has 0 radical (unpaired) electrons. The van der Waals surface area contributed by atoms with Crippen LogP contribution in [0.4, 0.5) is 0 Å². The maximum Gasteiger partial charge on any atom is 0.160 e. The molecule has 1 aliphatic carbocycles. The Labute approximate surface area is 159 Å². The third-order valence-corrected chi connectivity index (χ3v) is 6.23. The maximum absolute atomic E-state index is 6.10. The average Bonchev–Trinajstić information content (AvgIpc) is 2.69. The molecule has 2 saturated heterocycles. The molecule has 4 nitrogen and oxygen atoms in total. The number of allylic oxidation sites excluding steroid dienone is 1. The molecule has 150 valence electrons. The van der Waals surface area contributed by atoms with E-state index < -0.39 is 0 Å². The first-order valence-corrected chi connectivity index (χ1v) is 10.9. The smallest absolute Gasteiger partial charge is 0.160 e. The molecule has 0 unspecified atom stereocenters. The van der Waals surface area contributed by atoms with E-state index in [1.807, 2.05) is 6.92 Å². The lowest BCUT2D eigenvalue weighted by Gasteiger charge is -2.38. The topological polar surface area (TPSA) is 36.9 Å². The van der Waals surface area contributed by atoms with Crippen molar-refractivity contribution in [1.82, 2.24) is 0 Å². The molecule has 0 bridgehead atoms. The van der Waals surface area contributed by atoms with Crippen LogP contribution in [-0.4, -0.2) is 39.0 Å². The van der Waals surface area contributed by atoms with Gasteiger partial charge < -0.3 is 18.9 Å². The van der Waals surface area contributed by atoms with Gasteiger partial charge in [-0.1, -0.05) is 31.9 Å². The molecule has 3 fully saturated rings. The summed E-state index contributed by atoms with van der Waals surface area (Å²) in [5, 5.41) is 0. The summed E-state index contributed by atoms with van der Waals surface area (Å²) < 4.78 is 23.9. The van der Waals surface area contributed by atoms with Gasteiger partial charge in [-0.2, -0.15) is 0 Å². The molecular formula is C22H38O4. The van der Waals surface area contributed by atoms with E-state index in [9.17, 15) is 0 Å². The number of rotatable bonds is 7. The molecule has 3 aliphatic rings. The Hall–Kier alpha value is -0.420. The highest BCUT2D eigenvalue weighted by Crippen LogP contribution is 2.36. The molecule has 3 rings (SSSR count). The van der Waals surface area contributed by atoms with E-state index in [4.69, 9.17) is 18.9 Å².